The molecule has 1 aliphatic rings. The van der Waals surface area contributed by atoms with Crippen LogP contribution < -0.4 is 0 Å². The topological polar surface area (TPSA) is 83.2 Å². The molecule has 0 N–H and O–H groups in total. The molecule has 1 fully saturated rings. The zero-order valence-corrected chi connectivity index (χ0v) is 17.0. The van der Waals surface area contributed by atoms with E-state index in [2.05, 4.69) is 4.40 Å². The number of carbonyl (C=O) groups is 1. The summed E-state index contributed by atoms with van der Waals surface area (Å²) in [6.45, 7) is 1.81. The Morgan fingerprint density at radius 2 is 1.40 bits per heavy atom. The quantitative estimate of drug-likeness (QED) is 0.476. The van der Waals surface area contributed by atoms with Crippen molar-refractivity contribution in [3.63, 3.8) is 0 Å². The number of carbonyl (C=O) groups excluding carboxylic acids is 1. The maximum absolute atomic E-state index is 12.9. The van der Waals surface area contributed by atoms with Crippen molar-refractivity contribution in [2.45, 2.75) is 4.90 Å². The van der Waals surface area contributed by atoms with E-state index in [-0.39, 0.29) is 10.8 Å². The maximum atomic E-state index is 12.9. The standard InChI is InChI=1S/C22H21N3O4S/c26-22(20-12-7-17-29-20)25-15-13-24(14-16-25)21(18-8-3-1-4-9-18)23-30(27,28)19-10-5-2-6-11-19/h1-12,17H,13-16H2. The summed E-state index contributed by atoms with van der Waals surface area (Å²) in [5.74, 6) is 0.506. The minimum Gasteiger partial charge on any atom is -0.459 e. The van der Waals surface area contributed by atoms with E-state index in [1.807, 2.05) is 35.2 Å². The molecule has 8 heteroatoms. The SMILES string of the molecule is O=C(c1ccco1)N1CCN(C(=NS(=O)(=O)c2ccccc2)c2ccccc2)CC1. The minimum atomic E-state index is -3.87. The first-order chi connectivity index (χ1) is 14.5. The fourth-order valence-corrected chi connectivity index (χ4v) is 4.37. The van der Waals surface area contributed by atoms with E-state index in [9.17, 15) is 13.2 Å². The van der Waals surface area contributed by atoms with Gasteiger partial charge in [0.15, 0.2) is 5.76 Å². The van der Waals surface area contributed by atoms with Crippen molar-refractivity contribution in [2.24, 2.45) is 4.40 Å². The van der Waals surface area contributed by atoms with E-state index in [4.69, 9.17) is 4.42 Å². The summed E-state index contributed by atoms with van der Waals surface area (Å²) in [6.07, 6.45) is 1.47. The average molecular weight is 423 g/mol. The molecule has 1 aliphatic heterocycles. The minimum absolute atomic E-state index is 0.144. The highest BCUT2D eigenvalue weighted by atomic mass is 32.2. The largest absolute Gasteiger partial charge is 0.459 e. The lowest BCUT2D eigenvalue weighted by atomic mass is 10.1. The van der Waals surface area contributed by atoms with Crippen molar-refractivity contribution in [1.29, 1.82) is 0 Å². The Labute approximate surface area is 175 Å². The molecule has 0 saturated carbocycles. The highest BCUT2D eigenvalue weighted by Crippen LogP contribution is 2.17. The van der Waals surface area contributed by atoms with Gasteiger partial charge >= 0.3 is 0 Å². The predicted octanol–water partition coefficient (Wildman–Crippen LogP) is 2.87. The number of hydrogen-bond donors (Lipinski definition) is 0. The van der Waals surface area contributed by atoms with Crippen molar-refractivity contribution in [1.82, 2.24) is 9.80 Å². The third-order valence-corrected chi connectivity index (χ3v) is 6.16. The lowest BCUT2D eigenvalue weighted by Gasteiger charge is -2.36. The van der Waals surface area contributed by atoms with Crippen LogP contribution in [-0.2, 0) is 10.0 Å². The third-order valence-electron chi connectivity index (χ3n) is 4.88. The molecule has 0 atom stereocenters. The number of amides is 1. The van der Waals surface area contributed by atoms with Gasteiger partial charge in [-0.25, -0.2) is 0 Å². The number of furan rings is 1. The van der Waals surface area contributed by atoms with Crippen LogP contribution in [-0.4, -0.2) is 56.1 Å². The monoisotopic (exact) mass is 423 g/mol. The first-order valence-corrected chi connectivity index (χ1v) is 11.0. The summed E-state index contributed by atoms with van der Waals surface area (Å²) < 4.78 is 35.2. The van der Waals surface area contributed by atoms with Crippen LogP contribution in [0.4, 0.5) is 0 Å². The molecule has 154 valence electrons. The van der Waals surface area contributed by atoms with Gasteiger partial charge < -0.3 is 14.2 Å². The van der Waals surface area contributed by atoms with Crippen molar-refractivity contribution in [2.75, 3.05) is 26.2 Å². The van der Waals surface area contributed by atoms with E-state index < -0.39 is 10.0 Å². The fraction of sp³-hybridized carbons (Fsp3) is 0.182. The number of amidine groups is 1. The molecule has 3 aromatic rings. The van der Waals surface area contributed by atoms with Crippen LogP contribution in [0.25, 0.3) is 0 Å². The molecule has 7 nitrogen and oxygen atoms in total. The Morgan fingerprint density at radius 1 is 0.800 bits per heavy atom. The second-order valence-corrected chi connectivity index (χ2v) is 8.43. The highest BCUT2D eigenvalue weighted by molar-refractivity contribution is 7.90. The number of hydrogen-bond acceptors (Lipinski definition) is 4. The average Bonchev–Trinajstić information content (AvgIpc) is 3.33. The summed E-state index contributed by atoms with van der Waals surface area (Å²) in [5, 5.41) is 0. The van der Waals surface area contributed by atoms with Crippen LogP contribution in [0.5, 0.6) is 0 Å². The van der Waals surface area contributed by atoms with Crippen LogP contribution in [0.1, 0.15) is 16.1 Å². The van der Waals surface area contributed by atoms with Gasteiger partial charge in [0, 0.05) is 31.7 Å². The normalized spacial score (nSPS) is 15.3. The molecule has 4 rings (SSSR count). The molecule has 0 bridgehead atoms. The van der Waals surface area contributed by atoms with Crippen LogP contribution >= 0.6 is 0 Å². The van der Waals surface area contributed by atoms with E-state index >= 15 is 0 Å². The van der Waals surface area contributed by atoms with Crippen LogP contribution in [0.15, 0.2) is 92.8 Å². The van der Waals surface area contributed by atoms with Crippen LogP contribution in [0.3, 0.4) is 0 Å². The Morgan fingerprint density at radius 3 is 2.00 bits per heavy atom. The molecule has 2 aromatic carbocycles. The highest BCUT2D eigenvalue weighted by Gasteiger charge is 2.27. The van der Waals surface area contributed by atoms with E-state index in [1.54, 1.807) is 35.2 Å². The molecule has 1 aromatic heterocycles. The van der Waals surface area contributed by atoms with Crippen molar-refractivity contribution in [3.05, 3.63) is 90.4 Å². The Balaban J connectivity index is 1.60. The molecule has 1 saturated heterocycles. The molecule has 1 amide bonds. The van der Waals surface area contributed by atoms with Gasteiger partial charge in [0.2, 0.25) is 0 Å². The summed E-state index contributed by atoms with van der Waals surface area (Å²) in [6, 6.07) is 20.7. The lowest BCUT2D eigenvalue weighted by molar-refractivity contribution is 0.0660. The zero-order chi connectivity index (χ0) is 21.0. The maximum Gasteiger partial charge on any atom is 0.289 e. The van der Waals surface area contributed by atoms with Gasteiger partial charge in [0.25, 0.3) is 15.9 Å². The molecule has 0 spiro atoms. The van der Waals surface area contributed by atoms with Crippen LogP contribution in [0.2, 0.25) is 0 Å². The number of nitrogens with zero attached hydrogens (tertiary/aromatic N) is 3. The van der Waals surface area contributed by atoms with Gasteiger partial charge in [-0.1, -0.05) is 48.5 Å². The summed E-state index contributed by atoms with van der Waals surface area (Å²) >= 11 is 0. The summed E-state index contributed by atoms with van der Waals surface area (Å²) in [4.78, 5) is 16.3. The molecule has 0 radical (unpaired) electrons. The van der Waals surface area contributed by atoms with E-state index in [0.29, 0.717) is 43.3 Å². The number of sulfonamides is 1. The first kappa shape index (κ1) is 19.9. The van der Waals surface area contributed by atoms with Crippen molar-refractivity contribution < 1.29 is 17.6 Å². The van der Waals surface area contributed by atoms with Gasteiger partial charge in [0.05, 0.1) is 11.2 Å². The third kappa shape index (κ3) is 4.28. The second-order valence-electron chi connectivity index (χ2n) is 6.83. The number of piperazine rings is 1. The number of rotatable bonds is 4. The van der Waals surface area contributed by atoms with Gasteiger partial charge in [-0.05, 0) is 24.3 Å². The smallest absolute Gasteiger partial charge is 0.289 e. The molecular formula is C22H21N3O4S. The molecule has 30 heavy (non-hydrogen) atoms. The Hall–Kier alpha value is -3.39. The van der Waals surface area contributed by atoms with Gasteiger partial charge in [0.1, 0.15) is 5.84 Å². The van der Waals surface area contributed by atoms with E-state index in [0.717, 1.165) is 0 Å². The number of benzene rings is 2. The van der Waals surface area contributed by atoms with Crippen molar-refractivity contribution >= 4 is 21.8 Å². The summed E-state index contributed by atoms with van der Waals surface area (Å²) in [7, 11) is -3.87. The van der Waals surface area contributed by atoms with Gasteiger partial charge in [-0.3, -0.25) is 4.79 Å². The Bertz CT molecular complexity index is 1120. The molecule has 0 aliphatic carbocycles. The fourth-order valence-electron chi connectivity index (χ4n) is 3.32. The Kier molecular flexibility index (Phi) is 5.67. The molecule has 2 heterocycles. The lowest BCUT2D eigenvalue weighted by Crippen LogP contribution is -2.51. The zero-order valence-electron chi connectivity index (χ0n) is 16.2. The van der Waals surface area contributed by atoms with E-state index in [1.165, 1.54) is 18.4 Å². The second kappa shape index (κ2) is 8.54. The van der Waals surface area contributed by atoms with Crippen LogP contribution in [0, 0.1) is 0 Å². The summed E-state index contributed by atoms with van der Waals surface area (Å²) in [5.41, 5.74) is 0.711. The molecular weight excluding hydrogens is 402 g/mol. The van der Waals surface area contributed by atoms with Crippen molar-refractivity contribution in [3.8, 4) is 0 Å². The van der Waals surface area contributed by atoms with Gasteiger partial charge in [-0.2, -0.15) is 8.42 Å². The van der Waals surface area contributed by atoms with Gasteiger partial charge in [-0.15, -0.1) is 4.40 Å². The predicted molar refractivity (Wildman–Crippen MR) is 113 cm³/mol. The molecule has 0 unspecified atom stereocenters. The first-order valence-electron chi connectivity index (χ1n) is 9.58.